The van der Waals surface area contributed by atoms with Crippen LogP contribution in [0.25, 0.3) is 0 Å². The monoisotopic (exact) mass is 214 g/mol. The highest BCUT2D eigenvalue weighted by Gasteiger charge is 2.30. The molecule has 1 fully saturated rings. The van der Waals surface area contributed by atoms with E-state index in [1.165, 1.54) is 12.8 Å². The normalized spacial score (nSPS) is 16.6. The fourth-order valence-electron chi connectivity index (χ4n) is 2.19. The maximum atomic E-state index is 9.15. The van der Waals surface area contributed by atoms with Crippen LogP contribution in [0.1, 0.15) is 37.3 Å². The second kappa shape index (κ2) is 4.57. The van der Waals surface area contributed by atoms with E-state index in [-0.39, 0.29) is 0 Å². The molecule has 0 spiro atoms. The predicted molar refractivity (Wildman–Crippen MR) is 66.3 cm³/mol. The van der Waals surface area contributed by atoms with Crippen molar-refractivity contribution >= 4 is 5.69 Å². The minimum Gasteiger partial charge on any atom is -0.381 e. The molecule has 1 N–H and O–H groups in total. The molecular weight excluding hydrogens is 196 g/mol. The van der Waals surface area contributed by atoms with E-state index < -0.39 is 0 Å². The van der Waals surface area contributed by atoms with Gasteiger partial charge in [-0.3, -0.25) is 0 Å². The van der Waals surface area contributed by atoms with Crippen LogP contribution < -0.4 is 5.32 Å². The molecule has 0 heterocycles. The molecule has 0 saturated heterocycles. The first-order valence-electron chi connectivity index (χ1n) is 6.02. The van der Waals surface area contributed by atoms with Crippen molar-refractivity contribution in [1.29, 1.82) is 5.26 Å². The molecule has 1 atom stereocenters. The fraction of sp³-hybridized carbons (Fsp3) is 0.500. The van der Waals surface area contributed by atoms with Crippen LogP contribution in [0, 0.1) is 24.2 Å². The van der Waals surface area contributed by atoms with Gasteiger partial charge in [-0.1, -0.05) is 19.1 Å². The number of nitriles is 1. The molecule has 1 unspecified atom stereocenters. The van der Waals surface area contributed by atoms with Gasteiger partial charge in [-0.05, 0) is 43.7 Å². The molecule has 1 aliphatic carbocycles. The van der Waals surface area contributed by atoms with E-state index >= 15 is 0 Å². The number of hydrogen-bond donors (Lipinski definition) is 1. The Bertz CT molecular complexity index is 413. The summed E-state index contributed by atoms with van der Waals surface area (Å²) in [7, 11) is 0. The van der Waals surface area contributed by atoms with Gasteiger partial charge in [0.05, 0.1) is 11.3 Å². The average Bonchev–Trinajstić information content (AvgIpc) is 3.10. The van der Waals surface area contributed by atoms with Gasteiger partial charge < -0.3 is 5.32 Å². The largest absolute Gasteiger partial charge is 0.381 e. The van der Waals surface area contributed by atoms with Gasteiger partial charge >= 0.3 is 0 Å². The lowest BCUT2D eigenvalue weighted by Crippen LogP contribution is -2.21. The van der Waals surface area contributed by atoms with E-state index in [1.807, 2.05) is 25.1 Å². The smallest absolute Gasteiger partial charge is 0.102 e. The van der Waals surface area contributed by atoms with E-state index in [0.717, 1.165) is 29.2 Å². The lowest BCUT2D eigenvalue weighted by atomic mass is 10.0. The molecular formula is C14H18N2. The second-order valence-electron chi connectivity index (χ2n) is 4.61. The van der Waals surface area contributed by atoms with Gasteiger partial charge in [-0.15, -0.1) is 0 Å². The third-order valence-electron chi connectivity index (χ3n) is 3.36. The Morgan fingerprint density at radius 2 is 2.25 bits per heavy atom. The van der Waals surface area contributed by atoms with Gasteiger partial charge in [0, 0.05) is 6.04 Å². The van der Waals surface area contributed by atoms with Gasteiger partial charge in [0.1, 0.15) is 6.07 Å². The number of nitrogens with one attached hydrogen (secondary N) is 1. The van der Waals surface area contributed by atoms with Crippen molar-refractivity contribution < 1.29 is 0 Å². The summed E-state index contributed by atoms with van der Waals surface area (Å²) in [5.41, 5.74) is 2.85. The average molecular weight is 214 g/mol. The summed E-state index contributed by atoms with van der Waals surface area (Å²) in [6.07, 6.45) is 3.79. The van der Waals surface area contributed by atoms with Crippen molar-refractivity contribution in [3.05, 3.63) is 29.3 Å². The second-order valence-corrected chi connectivity index (χ2v) is 4.61. The number of anilines is 1. The Labute approximate surface area is 97.3 Å². The Balaban J connectivity index is 2.20. The van der Waals surface area contributed by atoms with E-state index in [9.17, 15) is 0 Å². The zero-order valence-electron chi connectivity index (χ0n) is 9.96. The minimum atomic E-state index is 0.536. The number of aryl methyl sites for hydroxylation is 1. The number of benzene rings is 1. The van der Waals surface area contributed by atoms with Crippen LogP contribution in [-0.2, 0) is 0 Å². The summed E-state index contributed by atoms with van der Waals surface area (Å²) < 4.78 is 0. The minimum absolute atomic E-state index is 0.536. The van der Waals surface area contributed by atoms with Crippen LogP contribution in [0.2, 0.25) is 0 Å². The Kier molecular flexibility index (Phi) is 3.14. The number of hydrogen-bond acceptors (Lipinski definition) is 2. The fourth-order valence-corrected chi connectivity index (χ4v) is 2.19. The highest BCUT2D eigenvalue weighted by atomic mass is 14.9. The van der Waals surface area contributed by atoms with Crippen LogP contribution in [0.4, 0.5) is 5.69 Å². The maximum absolute atomic E-state index is 9.15. The Hall–Kier alpha value is -1.49. The lowest BCUT2D eigenvalue weighted by molar-refractivity contribution is 0.616. The molecule has 1 aromatic carbocycles. The van der Waals surface area contributed by atoms with E-state index in [2.05, 4.69) is 18.3 Å². The molecule has 1 aromatic rings. The van der Waals surface area contributed by atoms with Gasteiger partial charge in [0.15, 0.2) is 0 Å². The predicted octanol–water partition coefficient (Wildman–Crippen LogP) is 3.47. The third-order valence-corrected chi connectivity index (χ3v) is 3.36. The summed E-state index contributed by atoms with van der Waals surface area (Å²) in [5, 5.41) is 12.7. The number of rotatable bonds is 4. The Morgan fingerprint density at radius 1 is 1.50 bits per heavy atom. The van der Waals surface area contributed by atoms with Gasteiger partial charge in [0.25, 0.3) is 0 Å². The first-order chi connectivity index (χ1) is 7.76. The van der Waals surface area contributed by atoms with Crippen LogP contribution in [0.5, 0.6) is 0 Å². The first kappa shape index (κ1) is 11.0. The molecule has 0 aromatic heterocycles. The molecule has 1 saturated carbocycles. The maximum Gasteiger partial charge on any atom is 0.102 e. The van der Waals surface area contributed by atoms with Crippen molar-refractivity contribution in [2.75, 3.05) is 5.32 Å². The summed E-state index contributed by atoms with van der Waals surface area (Å²) in [6, 6.07) is 8.84. The molecule has 2 rings (SSSR count). The van der Waals surface area contributed by atoms with Crippen LogP contribution >= 0.6 is 0 Å². The van der Waals surface area contributed by atoms with Crippen molar-refractivity contribution in [2.45, 2.75) is 39.2 Å². The van der Waals surface area contributed by atoms with Gasteiger partial charge in [0.2, 0.25) is 0 Å². The van der Waals surface area contributed by atoms with Gasteiger partial charge in [-0.25, -0.2) is 0 Å². The molecule has 1 aliphatic rings. The zero-order chi connectivity index (χ0) is 11.5. The molecule has 16 heavy (non-hydrogen) atoms. The summed E-state index contributed by atoms with van der Waals surface area (Å²) in [5.74, 6) is 0.817. The van der Waals surface area contributed by atoms with Crippen LogP contribution in [0.3, 0.4) is 0 Å². The zero-order valence-corrected chi connectivity index (χ0v) is 9.96. The SMILES string of the molecule is CCC(Nc1cccc(C)c1C#N)C1CC1. The first-order valence-corrected chi connectivity index (χ1v) is 6.02. The van der Waals surface area contributed by atoms with Gasteiger partial charge in [-0.2, -0.15) is 5.26 Å². The van der Waals surface area contributed by atoms with Crippen LogP contribution in [-0.4, -0.2) is 6.04 Å². The summed E-state index contributed by atoms with van der Waals surface area (Å²) >= 11 is 0. The lowest BCUT2D eigenvalue weighted by Gasteiger charge is -2.19. The van der Waals surface area contributed by atoms with Crippen molar-refractivity contribution in [3.63, 3.8) is 0 Å². The van der Waals surface area contributed by atoms with Crippen molar-refractivity contribution in [1.82, 2.24) is 0 Å². The molecule has 84 valence electrons. The highest BCUT2D eigenvalue weighted by molar-refractivity contribution is 5.61. The molecule has 2 heteroatoms. The highest BCUT2D eigenvalue weighted by Crippen LogP contribution is 2.36. The molecule has 0 radical (unpaired) electrons. The third kappa shape index (κ3) is 2.19. The van der Waals surface area contributed by atoms with E-state index in [0.29, 0.717) is 6.04 Å². The summed E-state index contributed by atoms with van der Waals surface area (Å²) in [6.45, 7) is 4.19. The molecule has 2 nitrogen and oxygen atoms in total. The van der Waals surface area contributed by atoms with E-state index in [1.54, 1.807) is 0 Å². The van der Waals surface area contributed by atoms with Crippen LogP contribution in [0.15, 0.2) is 18.2 Å². The summed E-state index contributed by atoms with van der Waals surface area (Å²) in [4.78, 5) is 0. The van der Waals surface area contributed by atoms with Crippen molar-refractivity contribution in [2.24, 2.45) is 5.92 Å². The Morgan fingerprint density at radius 3 is 2.81 bits per heavy atom. The molecule has 0 aliphatic heterocycles. The van der Waals surface area contributed by atoms with E-state index in [4.69, 9.17) is 5.26 Å². The quantitative estimate of drug-likeness (QED) is 0.833. The molecule has 0 amide bonds. The standard InChI is InChI=1S/C14H18N2/c1-3-13(11-7-8-11)16-14-6-4-5-10(2)12(14)9-15/h4-6,11,13,16H,3,7-8H2,1-2H3. The molecule has 0 bridgehead atoms. The van der Waals surface area contributed by atoms with Crippen molar-refractivity contribution in [3.8, 4) is 6.07 Å². The number of nitrogens with zero attached hydrogens (tertiary/aromatic N) is 1. The topological polar surface area (TPSA) is 35.8 Å².